The molecule has 8 heteroatoms. The number of rotatable bonds is 4. The first kappa shape index (κ1) is 18.2. The van der Waals surface area contributed by atoms with Crippen LogP contribution >= 0.6 is 0 Å². The molecule has 0 saturated heterocycles. The van der Waals surface area contributed by atoms with Crippen LogP contribution in [0, 0.1) is 25.5 Å². The van der Waals surface area contributed by atoms with Gasteiger partial charge in [0, 0.05) is 34.7 Å². The molecule has 1 amide bonds. The minimum Gasteiger partial charge on any atom is -0.496 e. The standard InChI is InChI=1S/C20H20F2N4O2/c1-8-12(21)6-13(28-3)9(2)17(8)26-18-11(14(19(26)23)20(24)27)7-25-16(15(18)22)10-4-5-10/h6-7,10H,4-5,23H2,1-3H3,(H2,24,27). The molecule has 0 unspecified atom stereocenters. The lowest BCUT2D eigenvalue weighted by Gasteiger charge is -2.18. The number of carbonyl (C=O) groups is 1. The Morgan fingerprint density at radius 2 is 1.96 bits per heavy atom. The average Bonchev–Trinajstić information content (AvgIpc) is 3.43. The van der Waals surface area contributed by atoms with Gasteiger partial charge in [0.05, 0.1) is 29.6 Å². The molecule has 0 spiro atoms. The van der Waals surface area contributed by atoms with Crippen molar-refractivity contribution in [3.63, 3.8) is 0 Å². The summed E-state index contributed by atoms with van der Waals surface area (Å²) in [4.78, 5) is 16.3. The number of nitrogen functional groups attached to an aromatic ring is 1. The summed E-state index contributed by atoms with van der Waals surface area (Å²) >= 11 is 0. The molecular formula is C20H20F2N4O2. The lowest BCUT2D eigenvalue weighted by molar-refractivity contribution is 0.100. The van der Waals surface area contributed by atoms with Gasteiger partial charge in [0.1, 0.15) is 17.4 Å². The molecule has 2 heterocycles. The molecule has 1 aliphatic rings. The van der Waals surface area contributed by atoms with Crippen molar-refractivity contribution in [2.45, 2.75) is 32.6 Å². The van der Waals surface area contributed by atoms with Crippen LogP contribution in [0.15, 0.2) is 12.3 Å². The second kappa shape index (κ2) is 6.19. The van der Waals surface area contributed by atoms with Gasteiger partial charge < -0.3 is 16.2 Å². The molecule has 1 aromatic carbocycles. The van der Waals surface area contributed by atoms with Crippen molar-refractivity contribution in [3.05, 3.63) is 46.3 Å². The molecule has 1 fully saturated rings. The fourth-order valence-corrected chi connectivity index (χ4v) is 3.79. The molecule has 1 aliphatic carbocycles. The zero-order valence-corrected chi connectivity index (χ0v) is 15.8. The van der Waals surface area contributed by atoms with E-state index >= 15 is 4.39 Å². The lowest BCUT2D eigenvalue weighted by Crippen LogP contribution is -2.14. The van der Waals surface area contributed by atoms with Gasteiger partial charge in [-0.15, -0.1) is 0 Å². The van der Waals surface area contributed by atoms with Gasteiger partial charge in [0.25, 0.3) is 5.91 Å². The van der Waals surface area contributed by atoms with Gasteiger partial charge in [-0.2, -0.15) is 0 Å². The van der Waals surface area contributed by atoms with Crippen LogP contribution in [0.4, 0.5) is 14.6 Å². The number of methoxy groups -OCH3 is 1. The predicted molar refractivity (Wildman–Crippen MR) is 102 cm³/mol. The Morgan fingerprint density at radius 1 is 1.29 bits per heavy atom. The Kier molecular flexibility index (Phi) is 4.02. The van der Waals surface area contributed by atoms with Crippen molar-refractivity contribution in [3.8, 4) is 11.4 Å². The highest BCUT2D eigenvalue weighted by molar-refractivity contribution is 6.11. The van der Waals surface area contributed by atoms with E-state index in [0.717, 1.165) is 12.8 Å². The van der Waals surface area contributed by atoms with Gasteiger partial charge in [-0.25, -0.2) is 8.78 Å². The summed E-state index contributed by atoms with van der Waals surface area (Å²) in [6, 6.07) is 1.26. The van der Waals surface area contributed by atoms with Gasteiger partial charge in [0.2, 0.25) is 0 Å². The molecular weight excluding hydrogens is 366 g/mol. The number of hydrogen-bond acceptors (Lipinski definition) is 4. The molecule has 4 N–H and O–H groups in total. The van der Waals surface area contributed by atoms with Gasteiger partial charge in [-0.1, -0.05) is 0 Å². The van der Waals surface area contributed by atoms with Crippen LogP contribution in [-0.4, -0.2) is 22.6 Å². The van der Waals surface area contributed by atoms with E-state index in [1.807, 2.05) is 0 Å². The summed E-state index contributed by atoms with van der Waals surface area (Å²) in [5.41, 5.74) is 13.2. The fraction of sp³-hybridized carbons (Fsp3) is 0.300. The van der Waals surface area contributed by atoms with E-state index in [1.54, 1.807) is 13.8 Å². The minimum atomic E-state index is -0.805. The van der Waals surface area contributed by atoms with Crippen molar-refractivity contribution >= 4 is 22.6 Å². The molecule has 28 heavy (non-hydrogen) atoms. The number of anilines is 1. The number of benzene rings is 1. The maximum atomic E-state index is 15.5. The summed E-state index contributed by atoms with van der Waals surface area (Å²) in [5.74, 6) is -1.64. The summed E-state index contributed by atoms with van der Waals surface area (Å²) < 4.78 is 36.7. The number of primary amides is 1. The van der Waals surface area contributed by atoms with Crippen LogP contribution in [0.1, 0.15) is 45.9 Å². The Labute approximate surface area is 160 Å². The molecule has 4 rings (SSSR count). The monoisotopic (exact) mass is 386 g/mol. The first-order chi connectivity index (χ1) is 13.3. The highest BCUT2D eigenvalue weighted by Crippen LogP contribution is 2.44. The van der Waals surface area contributed by atoms with Crippen LogP contribution in [0.2, 0.25) is 0 Å². The first-order valence-electron chi connectivity index (χ1n) is 8.90. The summed E-state index contributed by atoms with van der Waals surface area (Å²) in [7, 11) is 1.42. The molecule has 3 aromatic rings. The number of nitrogens with zero attached hydrogens (tertiary/aromatic N) is 2. The number of carbonyl (C=O) groups excluding carboxylic acids is 1. The molecule has 2 aromatic heterocycles. The third-order valence-corrected chi connectivity index (χ3v) is 5.36. The molecule has 0 bridgehead atoms. The summed E-state index contributed by atoms with van der Waals surface area (Å²) in [6.07, 6.45) is 3.11. The molecule has 1 saturated carbocycles. The molecule has 6 nitrogen and oxygen atoms in total. The zero-order chi connectivity index (χ0) is 20.3. The maximum absolute atomic E-state index is 15.5. The second-order valence-electron chi connectivity index (χ2n) is 7.11. The number of nitrogens with two attached hydrogens (primary N) is 2. The molecule has 146 valence electrons. The highest BCUT2D eigenvalue weighted by atomic mass is 19.1. The van der Waals surface area contributed by atoms with E-state index in [4.69, 9.17) is 16.2 Å². The van der Waals surface area contributed by atoms with E-state index < -0.39 is 17.5 Å². The van der Waals surface area contributed by atoms with Crippen LogP contribution in [0.5, 0.6) is 5.75 Å². The third kappa shape index (κ3) is 2.44. The Bertz CT molecular complexity index is 1150. The minimum absolute atomic E-state index is 0.0363. The quantitative estimate of drug-likeness (QED) is 0.717. The third-order valence-electron chi connectivity index (χ3n) is 5.36. The van der Waals surface area contributed by atoms with Gasteiger partial charge >= 0.3 is 0 Å². The molecule has 0 aliphatic heterocycles. The van der Waals surface area contributed by atoms with E-state index in [1.165, 1.54) is 23.9 Å². The Balaban J connectivity index is 2.19. The van der Waals surface area contributed by atoms with E-state index in [0.29, 0.717) is 16.9 Å². The van der Waals surface area contributed by atoms with Crippen LogP contribution in [0.3, 0.4) is 0 Å². The number of fused-ring (bicyclic) bond motifs is 1. The largest absolute Gasteiger partial charge is 0.496 e. The number of ether oxygens (including phenoxy) is 1. The van der Waals surface area contributed by atoms with Crippen molar-refractivity contribution in [1.82, 2.24) is 9.55 Å². The van der Waals surface area contributed by atoms with Crippen LogP contribution in [0.25, 0.3) is 16.6 Å². The van der Waals surface area contributed by atoms with Gasteiger partial charge in [0.15, 0.2) is 5.82 Å². The van der Waals surface area contributed by atoms with Crippen molar-refractivity contribution in [2.24, 2.45) is 5.73 Å². The number of amides is 1. The van der Waals surface area contributed by atoms with E-state index in [9.17, 15) is 9.18 Å². The fourth-order valence-electron chi connectivity index (χ4n) is 3.79. The lowest BCUT2D eigenvalue weighted by atomic mass is 10.1. The molecule has 0 atom stereocenters. The Morgan fingerprint density at radius 3 is 2.54 bits per heavy atom. The van der Waals surface area contributed by atoms with Gasteiger partial charge in [-0.05, 0) is 26.7 Å². The van der Waals surface area contributed by atoms with Crippen molar-refractivity contribution < 1.29 is 18.3 Å². The average molecular weight is 386 g/mol. The highest BCUT2D eigenvalue weighted by Gasteiger charge is 2.33. The summed E-state index contributed by atoms with van der Waals surface area (Å²) in [6.45, 7) is 3.28. The normalized spacial score (nSPS) is 13.9. The maximum Gasteiger partial charge on any atom is 0.253 e. The van der Waals surface area contributed by atoms with Crippen LogP contribution in [-0.2, 0) is 0 Å². The van der Waals surface area contributed by atoms with Crippen molar-refractivity contribution in [2.75, 3.05) is 12.8 Å². The topological polar surface area (TPSA) is 96.2 Å². The molecule has 0 radical (unpaired) electrons. The number of halogens is 2. The van der Waals surface area contributed by atoms with Crippen molar-refractivity contribution in [1.29, 1.82) is 0 Å². The SMILES string of the molecule is COc1cc(F)c(C)c(-n2c(N)c(C(N)=O)c3cnc(C4CC4)c(F)c32)c1C. The summed E-state index contributed by atoms with van der Waals surface area (Å²) in [5, 5.41) is 0.203. The van der Waals surface area contributed by atoms with E-state index in [-0.39, 0.29) is 39.5 Å². The zero-order valence-electron chi connectivity index (χ0n) is 15.8. The second-order valence-corrected chi connectivity index (χ2v) is 7.11. The van der Waals surface area contributed by atoms with E-state index in [2.05, 4.69) is 4.98 Å². The number of pyridine rings is 1. The predicted octanol–water partition coefficient (Wildman–Crippen LogP) is 3.49. The first-order valence-corrected chi connectivity index (χ1v) is 8.90. The van der Waals surface area contributed by atoms with Gasteiger partial charge in [-0.3, -0.25) is 14.3 Å². The number of hydrogen-bond donors (Lipinski definition) is 2. The number of aromatic nitrogens is 2. The van der Waals surface area contributed by atoms with Crippen LogP contribution < -0.4 is 16.2 Å². The smallest absolute Gasteiger partial charge is 0.253 e. The Hall–Kier alpha value is -3.16.